The van der Waals surface area contributed by atoms with Crippen LogP contribution in [0.2, 0.25) is 0 Å². The lowest BCUT2D eigenvalue weighted by molar-refractivity contribution is 0.421. The van der Waals surface area contributed by atoms with E-state index in [0.29, 0.717) is 6.54 Å². The van der Waals surface area contributed by atoms with Gasteiger partial charge in [-0.15, -0.1) is 12.4 Å². The van der Waals surface area contributed by atoms with Crippen LogP contribution in [0.5, 0.6) is 5.75 Å². The predicted molar refractivity (Wildman–Crippen MR) is 64.8 cm³/mol. The van der Waals surface area contributed by atoms with Crippen LogP contribution in [0.1, 0.15) is 5.56 Å². The Morgan fingerprint density at radius 2 is 1.75 bits per heavy atom. The second-order valence-electron chi connectivity index (χ2n) is 3.17. The van der Waals surface area contributed by atoms with E-state index in [9.17, 15) is 8.42 Å². The van der Waals surface area contributed by atoms with E-state index in [0.717, 1.165) is 9.87 Å². The Hall–Kier alpha value is -0.820. The van der Waals surface area contributed by atoms with E-state index in [1.54, 1.807) is 24.3 Å². The molecule has 1 rings (SSSR count). The Morgan fingerprint density at radius 3 is 2.12 bits per heavy atom. The second-order valence-corrected chi connectivity index (χ2v) is 4.92. The molecule has 0 radical (unpaired) electrons. The van der Waals surface area contributed by atoms with Crippen LogP contribution in [-0.2, 0) is 16.8 Å². The summed E-state index contributed by atoms with van der Waals surface area (Å²) >= 11 is 0. The molecule has 0 aliphatic heterocycles. The van der Waals surface area contributed by atoms with E-state index in [4.69, 9.17) is 9.92 Å². The smallest absolute Gasteiger partial charge is 0.371 e. The van der Waals surface area contributed by atoms with Crippen molar-refractivity contribution in [2.45, 2.75) is 6.54 Å². The summed E-state index contributed by atoms with van der Waals surface area (Å²) in [6.07, 6.45) is 0. The normalized spacial score (nSPS) is 11.0. The molecule has 0 saturated carbocycles. The number of benzene rings is 1. The van der Waals surface area contributed by atoms with Crippen LogP contribution < -0.4 is 9.92 Å². The van der Waals surface area contributed by atoms with E-state index >= 15 is 0 Å². The van der Waals surface area contributed by atoms with Gasteiger partial charge in [-0.05, 0) is 17.7 Å². The van der Waals surface area contributed by atoms with E-state index in [1.807, 2.05) is 0 Å². The molecule has 0 fully saturated rings. The average Bonchev–Trinajstić information content (AvgIpc) is 2.18. The molecule has 0 heterocycles. The minimum atomic E-state index is -3.67. The van der Waals surface area contributed by atoms with Crippen molar-refractivity contribution in [2.75, 3.05) is 14.1 Å². The first-order valence-electron chi connectivity index (χ1n) is 4.36. The maximum atomic E-state index is 11.3. The molecule has 0 aliphatic carbocycles. The zero-order valence-electron chi connectivity index (χ0n) is 9.08. The van der Waals surface area contributed by atoms with Gasteiger partial charge < -0.3 is 9.92 Å². The van der Waals surface area contributed by atoms with Gasteiger partial charge in [0.15, 0.2) is 0 Å². The number of rotatable bonds is 4. The summed E-state index contributed by atoms with van der Waals surface area (Å²) in [6.45, 7) is 0.417. The first-order valence-corrected chi connectivity index (χ1v) is 5.73. The highest BCUT2D eigenvalue weighted by atomic mass is 35.5. The lowest BCUT2D eigenvalue weighted by Crippen LogP contribution is -2.27. The van der Waals surface area contributed by atoms with E-state index in [-0.39, 0.29) is 18.2 Å². The standard InChI is InChI=1S/C9H14N2O3S.ClH/c1-11(2)15(12,13)14-9-5-3-8(7-10)4-6-9;/h3-6H,7,10H2,1-2H3;1H. The van der Waals surface area contributed by atoms with Crippen LogP contribution in [0.15, 0.2) is 24.3 Å². The van der Waals surface area contributed by atoms with Gasteiger partial charge in [-0.3, -0.25) is 0 Å². The lowest BCUT2D eigenvalue weighted by atomic mass is 10.2. The van der Waals surface area contributed by atoms with Crippen molar-refractivity contribution in [2.24, 2.45) is 5.73 Å². The van der Waals surface area contributed by atoms with Crippen LogP contribution in [0.3, 0.4) is 0 Å². The Bertz CT molecular complexity index is 417. The SMILES string of the molecule is CN(C)S(=O)(=O)Oc1ccc(CN)cc1.Cl. The first kappa shape index (κ1) is 15.2. The molecular formula is C9H15ClN2O3S. The molecule has 2 N–H and O–H groups in total. The largest absolute Gasteiger partial charge is 0.384 e. The summed E-state index contributed by atoms with van der Waals surface area (Å²) in [5.41, 5.74) is 6.33. The van der Waals surface area contributed by atoms with Gasteiger partial charge in [0.2, 0.25) is 0 Å². The zero-order chi connectivity index (χ0) is 11.5. The Balaban J connectivity index is 0.00000225. The monoisotopic (exact) mass is 266 g/mol. The molecule has 0 unspecified atom stereocenters. The second kappa shape index (κ2) is 6.05. The number of halogens is 1. The minimum absolute atomic E-state index is 0. The van der Waals surface area contributed by atoms with Crippen molar-refractivity contribution in [1.82, 2.24) is 4.31 Å². The van der Waals surface area contributed by atoms with Crippen molar-refractivity contribution < 1.29 is 12.6 Å². The van der Waals surface area contributed by atoms with Crippen molar-refractivity contribution in [3.8, 4) is 5.75 Å². The Morgan fingerprint density at radius 1 is 1.25 bits per heavy atom. The molecule has 0 bridgehead atoms. The molecular weight excluding hydrogens is 252 g/mol. The van der Waals surface area contributed by atoms with Gasteiger partial charge in [0.05, 0.1) is 0 Å². The van der Waals surface area contributed by atoms with Crippen LogP contribution in [-0.4, -0.2) is 26.8 Å². The van der Waals surface area contributed by atoms with Gasteiger partial charge in [-0.25, -0.2) is 0 Å². The minimum Gasteiger partial charge on any atom is -0.371 e. The number of hydrogen-bond acceptors (Lipinski definition) is 4. The van der Waals surface area contributed by atoms with Crippen LogP contribution in [0.4, 0.5) is 0 Å². The Labute approximate surface area is 102 Å². The summed E-state index contributed by atoms with van der Waals surface area (Å²) in [5, 5.41) is 0. The molecule has 0 amide bonds. The number of nitrogens with two attached hydrogens (primary N) is 1. The lowest BCUT2D eigenvalue weighted by Gasteiger charge is -2.11. The first-order chi connectivity index (χ1) is 6.95. The van der Waals surface area contributed by atoms with Crippen LogP contribution in [0.25, 0.3) is 0 Å². The summed E-state index contributed by atoms with van der Waals surface area (Å²) in [7, 11) is -0.856. The number of nitrogens with zero attached hydrogens (tertiary/aromatic N) is 1. The van der Waals surface area contributed by atoms with E-state index in [1.165, 1.54) is 14.1 Å². The third-order valence-electron chi connectivity index (χ3n) is 1.81. The molecule has 92 valence electrons. The maximum absolute atomic E-state index is 11.3. The predicted octanol–water partition coefficient (Wildman–Crippen LogP) is 0.752. The molecule has 16 heavy (non-hydrogen) atoms. The van der Waals surface area contributed by atoms with Crippen LogP contribution in [0, 0.1) is 0 Å². The highest BCUT2D eigenvalue weighted by molar-refractivity contribution is 7.84. The molecule has 0 aromatic heterocycles. The fourth-order valence-electron chi connectivity index (χ4n) is 0.877. The molecule has 1 aromatic carbocycles. The van der Waals surface area contributed by atoms with Crippen molar-refractivity contribution in [3.63, 3.8) is 0 Å². The van der Waals surface area contributed by atoms with E-state index < -0.39 is 10.3 Å². The molecule has 0 atom stereocenters. The molecule has 5 nitrogen and oxygen atoms in total. The highest BCUT2D eigenvalue weighted by Gasteiger charge is 2.15. The third-order valence-corrected chi connectivity index (χ3v) is 3.11. The molecule has 7 heteroatoms. The zero-order valence-corrected chi connectivity index (χ0v) is 10.7. The van der Waals surface area contributed by atoms with Crippen LogP contribution >= 0.6 is 12.4 Å². The van der Waals surface area contributed by atoms with Crippen molar-refractivity contribution >= 4 is 22.7 Å². The average molecular weight is 267 g/mol. The topological polar surface area (TPSA) is 72.6 Å². The Kier molecular flexibility index (Phi) is 5.74. The fourth-order valence-corrected chi connectivity index (χ4v) is 1.38. The van der Waals surface area contributed by atoms with Gasteiger partial charge in [-0.1, -0.05) is 12.1 Å². The summed E-state index contributed by atoms with van der Waals surface area (Å²) in [6, 6.07) is 6.59. The summed E-state index contributed by atoms with van der Waals surface area (Å²) in [5.74, 6) is 0.279. The third kappa shape index (κ3) is 3.97. The number of hydrogen-bond donors (Lipinski definition) is 1. The van der Waals surface area contributed by atoms with E-state index in [2.05, 4.69) is 0 Å². The molecule has 1 aromatic rings. The fraction of sp³-hybridized carbons (Fsp3) is 0.333. The summed E-state index contributed by atoms with van der Waals surface area (Å²) < 4.78 is 28.5. The molecule has 0 saturated heterocycles. The summed E-state index contributed by atoms with van der Waals surface area (Å²) in [4.78, 5) is 0. The highest BCUT2D eigenvalue weighted by Crippen LogP contribution is 2.14. The van der Waals surface area contributed by atoms with Gasteiger partial charge in [0, 0.05) is 20.6 Å². The molecule has 0 spiro atoms. The molecule has 0 aliphatic rings. The van der Waals surface area contributed by atoms with Crippen molar-refractivity contribution in [1.29, 1.82) is 0 Å². The van der Waals surface area contributed by atoms with Gasteiger partial charge in [-0.2, -0.15) is 12.7 Å². The quantitative estimate of drug-likeness (QED) is 0.873. The van der Waals surface area contributed by atoms with Gasteiger partial charge in [0.25, 0.3) is 0 Å². The van der Waals surface area contributed by atoms with Crippen molar-refractivity contribution in [3.05, 3.63) is 29.8 Å². The maximum Gasteiger partial charge on any atom is 0.384 e. The van der Waals surface area contributed by atoms with Gasteiger partial charge >= 0.3 is 10.3 Å². The van der Waals surface area contributed by atoms with Gasteiger partial charge in [0.1, 0.15) is 5.75 Å².